The molecule has 0 radical (unpaired) electrons. The average molecular weight is 265 g/mol. The molecular weight excluding hydrogens is 245 g/mol. The number of rotatable bonds is 2. The highest BCUT2D eigenvalue weighted by Crippen LogP contribution is 2.44. The topological polar surface area (TPSA) is 30.5 Å². The van der Waals surface area contributed by atoms with E-state index in [1.165, 1.54) is 12.1 Å². The number of ether oxygens (including phenoxy) is 2. The zero-order valence-corrected chi connectivity index (χ0v) is 11.2. The van der Waals surface area contributed by atoms with Gasteiger partial charge in [-0.25, -0.2) is 4.39 Å². The van der Waals surface area contributed by atoms with E-state index in [2.05, 4.69) is 12.2 Å². The van der Waals surface area contributed by atoms with Gasteiger partial charge in [0.05, 0.1) is 13.2 Å². The van der Waals surface area contributed by atoms with Crippen molar-refractivity contribution in [3.8, 4) is 5.75 Å². The molecule has 104 valence electrons. The fourth-order valence-corrected chi connectivity index (χ4v) is 3.12. The highest BCUT2D eigenvalue weighted by molar-refractivity contribution is 5.39. The Morgan fingerprint density at radius 3 is 2.89 bits per heavy atom. The van der Waals surface area contributed by atoms with Crippen LogP contribution in [-0.2, 0) is 4.74 Å². The molecule has 0 saturated carbocycles. The SMILES string of the molecule is CCNC1CC2(CCOCC2)Oc2cc(F)ccc21. The Kier molecular flexibility index (Phi) is 3.46. The van der Waals surface area contributed by atoms with Crippen molar-refractivity contribution >= 4 is 0 Å². The predicted octanol–water partition coefficient (Wildman–Crippen LogP) is 2.81. The van der Waals surface area contributed by atoms with E-state index in [0.29, 0.717) is 5.75 Å². The van der Waals surface area contributed by atoms with Gasteiger partial charge in [-0.3, -0.25) is 0 Å². The van der Waals surface area contributed by atoms with Crippen molar-refractivity contribution in [2.75, 3.05) is 19.8 Å². The van der Waals surface area contributed by atoms with Gasteiger partial charge in [0.2, 0.25) is 0 Å². The fourth-order valence-electron chi connectivity index (χ4n) is 3.12. The largest absolute Gasteiger partial charge is 0.487 e. The summed E-state index contributed by atoms with van der Waals surface area (Å²) in [5.74, 6) is 0.456. The van der Waals surface area contributed by atoms with Crippen LogP contribution in [0, 0.1) is 5.82 Å². The van der Waals surface area contributed by atoms with E-state index in [1.54, 1.807) is 0 Å². The zero-order valence-electron chi connectivity index (χ0n) is 11.2. The first-order valence-electron chi connectivity index (χ1n) is 7.02. The molecule has 0 aromatic heterocycles. The molecule has 1 fully saturated rings. The van der Waals surface area contributed by atoms with Crippen molar-refractivity contribution in [1.82, 2.24) is 5.32 Å². The normalized spacial score (nSPS) is 24.8. The summed E-state index contributed by atoms with van der Waals surface area (Å²) < 4.78 is 25.0. The van der Waals surface area contributed by atoms with Gasteiger partial charge in [-0.2, -0.15) is 0 Å². The maximum Gasteiger partial charge on any atom is 0.127 e. The molecule has 4 heteroatoms. The predicted molar refractivity (Wildman–Crippen MR) is 70.8 cm³/mol. The third-order valence-corrected chi connectivity index (χ3v) is 4.11. The standard InChI is InChI=1S/C15H20FNO2/c1-2-17-13-10-15(5-7-18-8-6-15)19-14-9-11(16)3-4-12(13)14/h3-4,9,13,17H,2,5-8,10H2,1H3. The van der Waals surface area contributed by atoms with Crippen molar-refractivity contribution in [2.45, 2.75) is 37.8 Å². The summed E-state index contributed by atoms with van der Waals surface area (Å²) in [5.41, 5.74) is 0.881. The van der Waals surface area contributed by atoms with Crippen LogP contribution in [0.15, 0.2) is 18.2 Å². The Morgan fingerprint density at radius 2 is 2.16 bits per heavy atom. The van der Waals surface area contributed by atoms with Crippen molar-refractivity contribution in [3.63, 3.8) is 0 Å². The quantitative estimate of drug-likeness (QED) is 0.892. The molecule has 2 aliphatic rings. The van der Waals surface area contributed by atoms with Gasteiger partial charge in [0.15, 0.2) is 0 Å². The van der Waals surface area contributed by atoms with Crippen LogP contribution < -0.4 is 10.1 Å². The lowest BCUT2D eigenvalue weighted by Gasteiger charge is -2.44. The van der Waals surface area contributed by atoms with Gasteiger partial charge in [0, 0.05) is 36.9 Å². The summed E-state index contributed by atoms with van der Waals surface area (Å²) >= 11 is 0. The Bertz CT molecular complexity index is 457. The van der Waals surface area contributed by atoms with Crippen LogP contribution in [0.5, 0.6) is 5.75 Å². The zero-order chi connectivity index (χ0) is 13.3. The average Bonchev–Trinajstić information content (AvgIpc) is 2.39. The molecule has 1 unspecified atom stereocenters. The number of fused-ring (bicyclic) bond motifs is 1. The highest BCUT2D eigenvalue weighted by atomic mass is 19.1. The third kappa shape index (κ3) is 2.47. The van der Waals surface area contributed by atoms with Crippen LogP contribution >= 0.6 is 0 Å². The molecule has 1 N–H and O–H groups in total. The summed E-state index contributed by atoms with van der Waals surface area (Å²) in [6.45, 7) is 4.44. The van der Waals surface area contributed by atoms with Gasteiger partial charge in [0.1, 0.15) is 17.2 Å². The number of halogens is 1. The maximum absolute atomic E-state index is 13.4. The molecular formula is C15H20FNO2. The number of hydrogen-bond donors (Lipinski definition) is 1. The summed E-state index contributed by atoms with van der Waals surface area (Å²) in [6.07, 6.45) is 2.69. The Balaban J connectivity index is 1.94. The van der Waals surface area contributed by atoms with Gasteiger partial charge in [-0.1, -0.05) is 13.0 Å². The van der Waals surface area contributed by atoms with Crippen LogP contribution in [0.25, 0.3) is 0 Å². The summed E-state index contributed by atoms with van der Waals surface area (Å²) in [7, 11) is 0. The molecule has 1 aromatic rings. The molecule has 0 aliphatic carbocycles. The van der Waals surface area contributed by atoms with Crippen LogP contribution in [0.1, 0.15) is 37.8 Å². The summed E-state index contributed by atoms with van der Waals surface area (Å²) in [5, 5.41) is 3.49. The van der Waals surface area contributed by atoms with Crippen LogP contribution in [0.4, 0.5) is 4.39 Å². The Hall–Kier alpha value is -1.13. The number of hydrogen-bond acceptors (Lipinski definition) is 3. The van der Waals surface area contributed by atoms with E-state index >= 15 is 0 Å². The van der Waals surface area contributed by atoms with Gasteiger partial charge in [-0.15, -0.1) is 0 Å². The minimum absolute atomic E-state index is 0.189. The first-order valence-corrected chi connectivity index (χ1v) is 7.02. The minimum atomic E-state index is -0.238. The second kappa shape index (κ2) is 5.10. The van der Waals surface area contributed by atoms with Crippen LogP contribution in [0.3, 0.4) is 0 Å². The van der Waals surface area contributed by atoms with E-state index in [9.17, 15) is 4.39 Å². The molecule has 1 atom stereocenters. The minimum Gasteiger partial charge on any atom is -0.487 e. The van der Waals surface area contributed by atoms with E-state index in [-0.39, 0.29) is 17.5 Å². The van der Waals surface area contributed by atoms with Crippen molar-refractivity contribution < 1.29 is 13.9 Å². The fraction of sp³-hybridized carbons (Fsp3) is 0.600. The van der Waals surface area contributed by atoms with E-state index in [1.807, 2.05) is 6.07 Å². The monoisotopic (exact) mass is 265 g/mol. The lowest BCUT2D eigenvalue weighted by Crippen LogP contribution is -2.47. The smallest absolute Gasteiger partial charge is 0.127 e. The number of benzene rings is 1. The Labute approximate surface area is 113 Å². The maximum atomic E-state index is 13.4. The van der Waals surface area contributed by atoms with Gasteiger partial charge in [0.25, 0.3) is 0 Å². The number of nitrogens with one attached hydrogen (secondary N) is 1. The van der Waals surface area contributed by atoms with Gasteiger partial charge in [-0.05, 0) is 12.6 Å². The molecule has 1 saturated heterocycles. The van der Waals surface area contributed by atoms with Crippen molar-refractivity contribution in [3.05, 3.63) is 29.6 Å². The Morgan fingerprint density at radius 1 is 1.37 bits per heavy atom. The lowest BCUT2D eigenvalue weighted by molar-refractivity contribution is -0.0646. The second-order valence-electron chi connectivity index (χ2n) is 5.39. The molecule has 1 spiro atoms. The van der Waals surface area contributed by atoms with Crippen LogP contribution in [0.2, 0.25) is 0 Å². The van der Waals surface area contributed by atoms with Gasteiger partial charge < -0.3 is 14.8 Å². The van der Waals surface area contributed by atoms with Crippen molar-refractivity contribution in [2.24, 2.45) is 0 Å². The second-order valence-corrected chi connectivity index (χ2v) is 5.39. The lowest BCUT2D eigenvalue weighted by atomic mass is 9.82. The molecule has 0 amide bonds. The molecule has 2 heterocycles. The molecule has 2 aliphatic heterocycles. The molecule has 19 heavy (non-hydrogen) atoms. The van der Waals surface area contributed by atoms with Crippen molar-refractivity contribution in [1.29, 1.82) is 0 Å². The molecule has 1 aromatic carbocycles. The summed E-state index contributed by atoms with van der Waals surface area (Å²) in [4.78, 5) is 0. The van der Waals surface area contributed by atoms with E-state index < -0.39 is 0 Å². The highest BCUT2D eigenvalue weighted by Gasteiger charge is 2.42. The van der Waals surface area contributed by atoms with Crippen LogP contribution in [-0.4, -0.2) is 25.4 Å². The molecule has 3 nitrogen and oxygen atoms in total. The first kappa shape index (κ1) is 12.9. The third-order valence-electron chi connectivity index (χ3n) is 4.11. The summed E-state index contributed by atoms with van der Waals surface area (Å²) in [6, 6.07) is 5.10. The first-order chi connectivity index (χ1) is 9.22. The van der Waals surface area contributed by atoms with E-state index in [0.717, 1.165) is 44.6 Å². The molecule has 3 rings (SSSR count). The van der Waals surface area contributed by atoms with Gasteiger partial charge >= 0.3 is 0 Å². The van der Waals surface area contributed by atoms with E-state index in [4.69, 9.17) is 9.47 Å². The molecule has 0 bridgehead atoms.